The first kappa shape index (κ1) is 24.8. The molecule has 4 saturated carbocycles. The van der Waals surface area contributed by atoms with Gasteiger partial charge < -0.3 is 5.11 Å². The van der Waals surface area contributed by atoms with Gasteiger partial charge in [-0.05, 0) is 109 Å². The van der Waals surface area contributed by atoms with E-state index >= 15 is 0 Å². The fraction of sp³-hybridized carbons (Fsp3) is 0.900. The summed E-state index contributed by atoms with van der Waals surface area (Å²) in [6.45, 7) is 17.0. The third-order valence-electron chi connectivity index (χ3n) is 13.5. The zero-order chi connectivity index (χ0) is 24.9. The normalized spacial score (nSPS) is 54.0. The highest BCUT2D eigenvalue weighted by Crippen LogP contribution is 2.75. The summed E-state index contributed by atoms with van der Waals surface area (Å²) in [4.78, 5) is 13.2. The first-order chi connectivity index (χ1) is 15.8. The minimum Gasteiger partial charge on any atom is -0.393 e. The van der Waals surface area contributed by atoms with E-state index in [1.54, 1.807) is 0 Å². The summed E-state index contributed by atoms with van der Waals surface area (Å²) in [5.41, 5.74) is 3.66. The molecule has 4 heteroatoms. The molecule has 3 N–H and O–H groups in total. The number of aliphatic hydroxyl groups is 1. The van der Waals surface area contributed by atoms with Crippen LogP contribution in [-0.4, -0.2) is 22.3 Å². The lowest BCUT2D eigenvalue weighted by atomic mass is 9.33. The quantitative estimate of drug-likeness (QED) is 0.232. The van der Waals surface area contributed by atoms with Gasteiger partial charge in [-0.25, -0.2) is 5.48 Å². The lowest BCUT2D eigenvalue weighted by Gasteiger charge is -2.71. The molecule has 4 fully saturated rings. The van der Waals surface area contributed by atoms with Crippen LogP contribution in [0.5, 0.6) is 0 Å². The summed E-state index contributed by atoms with van der Waals surface area (Å²) < 4.78 is 0. The Morgan fingerprint density at radius 1 is 0.941 bits per heavy atom. The van der Waals surface area contributed by atoms with E-state index in [1.165, 1.54) is 18.4 Å². The second kappa shape index (κ2) is 7.57. The highest BCUT2D eigenvalue weighted by atomic mass is 16.5. The van der Waals surface area contributed by atoms with Gasteiger partial charge in [-0.15, -0.1) is 0 Å². The molecule has 1 amide bonds. The molecule has 34 heavy (non-hydrogen) atoms. The van der Waals surface area contributed by atoms with Crippen molar-refractivity contribution < 1.29 is 15.1 Å². The molecule has 0 heterocycles. The van der Waals surface area contributed by atoms with Crippen molar-refractivity contribution in [3.05, 3.63) is 11.6 Å². The summed E-state index contributed by atoms with van der Waals surface area (Å²) in [5, 5.41) is 20.7. The molecule has 0 aromatic carbocycles. The number of rotatable bonds is 1. The Labute approximate surface area is 207 Å². The van der Waals surface area contributed by atoms with Gasteiger partial charge in [-0.3, -0.25) is 10.0 Å². The Hall–Kier alpha value is -0.870. The van der Waals surface area contributed by atoms with Crippen LogP contribution in [0.3, 0.4) is 0 Å². The summed E-state index contributed by atoms with van der Waals surface area (Å²) in [6, 6.07) is 0. The molecule has 0 aliphatic heterocycles. The van der Waals surface area contributed by atoms with E-state index in [1.807, 2.05) is 0 Å². The highest BCUT2D eigenvalue weighted by molar-refractivity contribution is 5.83. The SMILES string of the molecule is C[C@H]1[C@H](C)CC[C@]2(C(=O)NO)CC[C@]3(C)C(=CC[C@@H]4[C@@]5(C)CC[C@H](O)C(C)(C)C5CC[C@]43C)[C@H]12. The number of aliphatic hydroxyl groups excluding tert-OH is 1. The van der Waals surface area contributed by atoms with Crippen molar-refractivity contribution >= 4 is 5.91 Å². The van der Waals surface area contributed by atoms with E-state index < -0.39 is 5.41 Å². The van der Waals surface area contributed by atoms with Crippen molar-refractivity contribution in [2.24, 2.45) is 56.7 Å². The summed E-state index contributed by atoms with van der Waals surface area (Å²) in [6.07, 6.45) is 11.8. The van der Waals surface area contributed by atoms with Gasteiger partial charge in [0, 0.05) is 0 Å². The predicted octanol–water partition coefficient (Wildman–Crippen LogP) is 6.51. The molecule has 4 nitrogen and oxygen atoms in total. The minimum absolute atomic E-state index is 0.0343. The molecule has 0 radical (unpaired) electrons. The Balaban J connectivity index is 1.61. The topological polar surface area (TPSA) is 69.6 Å². The van der Waals surface area contributed by atoms with E-state index in [-0.39, 0.29) is 39.6 Å². The molecule has 1 unspecified atom stereocenters. The molecule has 5 aliphatic rings. The Morgan fingerprint density at radius 2 is 1.65 bits per heavy atom. The number of carbonyl (C=O) groups excluding carboxylic acids is 1. The van der Waals surface area contributed by atoms with Crippen molar-refractivity contribution in [1.29, 1.82) is 0 Å². The van der Waals surface area contributed by atoms with E-state index in [4.69, 9.17) is 0 Å². The number of hydroxylamine groups is 1. The number of fused-ring (bicyclic) bond motifs is 7. The first-order valence-corrected chi connectivity index (χ1v) is 14.1. The van der Waals surface area contributed by atoms with Gasteiger partial charge in [0.25, 0.3) is 0 Å². The van der Waals surface area contributed by atoms with E-state index in [9.17, 15) is 15.1 Å². The van der Waals surface area contributed by atoms with Crippen LogP contribution >= 0.6 is 0 Å². The fourth-order valence-electron chi connectivity index (χ4n) is 11.0. The third-order valence-corrected chi connectivity index (χ3v) is 13.5. The Bertz CT molecular complexity index is 895. The largest absolute Gasteiger partial charge is 0.393 e. The molecule has 0 spiro atoms. The van der Waals surface area contributed by atoms with Gasteiger partial charge in [-0.1, -0.05) is 60.1 Å². The van der Waals surface area contributed by atoms with Gasteiger partial charge in [0.2, 0.25) is 5.91 Å². The van der Waals surface area contributed by atoms with Crippen molar-refractivity contribution in [2.45, 2.75) is 112 Å². The lowest BCUT2D eigenvalue weighted by molar-refractivity contribution is -0.205. The molecule has 192 valence electrons. The summed E-state index contributed by atoms with van der Waals surface area (Å²) >= 11 is 0. The number of hydrogen-bond acceptors (Lipinski definition) is 3. The zero-order valence-electron chi connectivity index (χ0n) is 22.7. The zero-order valence-corrected chi connectivity index (χ0v) is 22.7. The van der Waals surface area contributed by atoms with Crippen LogP contribution in [0.25, 0.3) is 0 Å². The number of nitrogens with one attached hydrogen (secondary N) is 1. The van der Waals surface area contributed by atoms with Crippen molar-refractivity contribution in [3.63, 3.8) is 0 Å². The van der Waals surface area contributed by atoms with E-state index in [0.717, 1.165) is 44.9 Å². The van der Waals surface area contributed by atoms with Crippen molar-refractivity contribution in [3.8, 4) is 0 Å². The minimum atomic E-state index is -0.465. The second-order valence-electron chi connectivity index (χ2n) is 14.6. The number of allylic oxidation sites excluding steroid dienone is 2. The van der Waals surface area contributed by atoms with Gasteiger partial charge in [0.15, 0.2) is 0 Å². The first-order valence-electron chi connectivity index (χ1n) is 14.1. The molecule has 0 bridgehead atoms. The Kier molecular flexibility index (Phi) is 5.52. The fourth-order valence-corrected chi connectivity index (χ4v) is 11.0. The molecule has 5 aliphatic carbocycles. The smallest absolute Gasteiger partial charge is 0.250 e. The summed E-state index contributed by atoms with van der Waals surface area (Å²) in [5.74, 6) is 2.26. The number of carbonyl (C=O) groups is 1. The standard InChI is InChI=1S/C30H49NO3/c1-18-10-15-30(25(33)31-34)17-16-28(6)20(24(30)19(18)2)8-9-22-27(5)13-12-23(32)26(3,4)21(27)11-14-29(22,28)7/h8,18-19,21-24,32,34H,9-17H2,1-7H3,(H,31,33)/t18-,19+,21?,22-,23+,24+,27+,28-,29-,30+/m1/s1. The van der Waals surface area contributed by atoms with Crippen LogP contribution < -0.4 is 5.48 Å². The van der Waals surface area contributed by atoms with Crippen molar-refractivity contribution in [2.75, 3.05) is 0 Å². The van der Waals surface area contributed by atoms with Crippen LogP contribution in [0, 0.1) is 56.7 Å². The summed E-state index contributed by atoms with van der Waals surface area (Å²) in [7, 11) is 0. The average Bonchev–Trinajstić information content (AvgIpc) is 2.79. The maximum atomic E-state index is 13.2. The van der Waals surface area contributed by atoms with Gasteiger partial charge >= 0.3 is 0 Å². The van der Waals surface area contributed by atoms with E-state index in [0.29, 0.717) is 23.7 Å². The molecular weight excluding hydrogens is 422 g/mol. The maximum Gasteiger partial charge on any atom is 0.250 e. The van der Waals surface area contributed by atoms with E-state index in [2.05, 4.69) is 60.0 Å². The lowest BCUT2D eigenvalue weighted by Crippen LogP contribution is -2.65. The second-order valence-corrected chi connectivity index (χ2v) is 14.6. The Morgan fingerprint density at radius 3 is 2.32 bits per heavy atom. The number of amides is 1. The third kappa shape index (κ3) is 2.82. The molecular formula is C30H49NO3. The predicted molar refractivity (Wildman–Crippen MR) is 135 cm³/mol. The van der Waals surface area contributed by atoms with Crippen LogP contribution in [0.15, 0.2) is 11.6 Å². The van der Waals surface area contributed by atoms with Crippen LogP contribution in [0.4, 0.5) is 0 Å². The number of hydrogen-bond donors (Lipinski definition) is 3. The monoisotopic (exact) mass is 471 g/mol. The molecule has 0 aromatic heterocycles. The molecule has 10 atom stereocenters. The highest BCUT2D eigenvalue weighted by Gasteiger charge is 2.69. The molecule has 0 aromatic rings. The van der Waals surface area contributed by atoms with Crippen molar-refractivity contribution in [1.82, 2.24) is 5.48 Å². The maximum absolute atomic E-state index is 13.2. The average molecular weight is 472 g/mol. The van der Waals surface area contributed by atoms with Crippen LogP contribution in [0.2, 0.25) is 0 Å². The van der Waals surface area contributed by atoms with Gasteiger partial charge in [0.05, 0.1) is 11.5 Å². The molecule has 5 rings (SSSR count). The molecule has 0 saturated heterocycles. The van der Waals surface area contributed by atoms with Gasteiger partial charge in [-0.2, -0.15) is 0 Å². The van der Waals surface area contributed by atoms with Crippen LogP contribution in [-0.2, 0) is 4.79 Å². The van der Waals surface area contributed by atoms with Crippen LogP contribution in [0.1, 0.15) is 106 Å². The van der Waals surface area contributed by atoms with Gasteiger partial charge in [0.1, 0.15) is 0 Å².